The zero-order chi connectivity index (χ0) is 13.1. The number of hydrogen-bond acceptors (Lipinski definition) is 5. The fraction of sp³-hybridized carbons (Fsp3) is 0.545. The van der Waals surface area contributed by atoms with Crippen LogP contribution in [0, 0.1) is 0 Å². The quantitative estimate of drug-likeness (QED) is 0.738. The minimum atomic E-state index is -0.585. The van der Waals surface area contributed by atoms with E-state index in [1.807, 2.05) is 4.90 Å². The van der Waals surface area contributed by atoms with Crippen LogP contribution >= 0.6 is 0 Å². The van der Waals surface area contributed by atoms with Crippen molar-refractivity contribution in [2.24, 2.45) is 5.73 Å². The molecular weight excluding hydrogens is 236 g/mol. The molecule has 0 spiro atoms. The molecule has 1 unspecified atom stereocenters. The minimum Gasteiger partial charge on any atom is -0.380 e. The maximum Gasteiger partial charge on any atom is 0.269 e. The first-order valence-electron chi connectivity index (χ1n) is 5.73. The first-order valence-corrected chi connectivity index (χ1v) is 5.73. The highest BCUT2D eigenvalue weighted by Gasteiger charge is 2.22. The van der Waals surface area contributed by atoms with Crippen molar-refractivity contribution in [2.75, 3.05) is 25.1 Å². The number of rotatable bonds is 4. The lowest BCUT2D eigenvalue weighted by Crippen LogP contribution is -2.31. The summed E-state index contributed by atoms with van der Waals surface area (Å²) in [5.74, 6) is -0.585. The number of hydrogen-bond donors (Lipinski definition) is 1. The Hall–Kier alpha value is -1.89. The fourth-order valence-corrected chi connectivity index (χ4v) is 2.02. The monoisotopic (exact) mass is 252 g/mol. The average Bonchev–Trinajstić information content (AvgIpc) is 2.80. The number of carbonyl (C=O) groups excluding carboxylic acids is 1. The van der Waals surface area contributed by atoms with Crippen LogP contribution in [0.4, 0.5) is 5.69 Å². The van der Waals surface area contributed by atoms with Crippen molar-refractivity contribution in [1.82, 2.24) is 9.78 Å². The van der Waals surface area contributed by atoms with Crippen molar-refractivity contribution in [1.29, 1.82) is 0 Å². The molecule has 1 amide bonds. The van der Waals surface area contributed by atoms with Gasteiger partial charge in [-0.2, -0.15) is 5.10 Å². The number of ether oxygens (including phenoxy) is 1. The summed E-state index contributed by atoms with van der Waals surface area (Å²) in [6.45, 7) is 1.39. The molecule has 0 aliphatic carbocycles. The Morgan fingerprint density at radius 1 is 1.67 bits per heavy atom. The highest BCUT2D eigenvalue weighted by molar-refractivity contribution is 5.73. The summed E-state index contributed by atoms with van der Waals surface area (Å²) < 4.78 is 6.31. The Morgan fingerprint density at radius 3 is 3.00 bits per heavy atom. The Bertz CT molecular complexity index is 499. The summed E-state index contributed by atoms with van der Waals surface area (Å²) in [7, 11) is 1.68. The molecule has 0 radical (unpaired) electrons. The van der Waals surface area contributed by atoms with E-state index < -0.39 is 5.91 Å². The number of aromatic nitrogens is 2. The van der Waals surface area contributed by atoms with Crippen LogP contribution in [0.15, 0.2) is 17.1 Å². The van der Waals surface area contributed by atoms with Gasteiger partial charge >= 0.3 is 0 Å². The van der Waals surface area contributed by atoms with Crippen LogP contribution in [0.2, 0.25) is 0 Å². The van der Waals surface area contributed by atoms with Crippen LogP contribution in [0.3, 0.4) is 0 Å². The normalized spacial score (nSPS) is 19.2. The van der Waals surface area contributed by atoms with Crippen molar-refractivity contribution in [3.63, 3.8) is 0 Å². The van der Waals surface area contributed by atoms with Crippen molar-refractivity contribution in [2.45, 2.75) is 19.1 Å². The van der Waals surface area contributed by atoms with Crippen LogP contribution in [-0.4, -0.2) is 42.0 Å². The summed E-state index contributed by atoms with van der Waals surface area (Å²) in [6, 6.07) is 1.47. The second-order valence-corrected chi connectivity index (χ2v) is 4.27. The van der Waals surface area contributed by atoms with Gasteiger partial charge in [0.05, 0.1) is 18.0 Å². The molecular formula is C11H16N4O3. The summed E-state index contributed by atoms with van der Waals surface area (Å²) in [6.07, 6.45) is 2.70. The van der Waals surface area contributed by atoms with Crippen molar-refractivity contribution < 1.29 is 9.53 Å². The molecule has 1 aliphatic rings. The number of nitrogens with zero attached hydrogens (tertiary/aromatic N) is 3. The summed E-state index contributed by atoms with van der Waals surface area (Å²) in [5, 5.41) is 3.93. The Balaban J connectivity index is 2.14. The zero-order valence-corrected chi connectivity index (χ0v) is 10.2. The molecule has 0 aromatic carbocycles. The van der Waals surface area contributed by atoms with E-state index in [-0.39, 0.29) is 18.2 Å². The van der Waals surface area contributed by atoms with Crippen LogP contribution < -0.4 is 16.2 Å². The van der Waals surface area contributed by atoms with E-state index in [9.17, 15) is 9.59 Å². The molecule has 1 fully saturated rings. The molecule has 2 rings (SSSR count). The van der Waals surface area contributed by atoms with Gasteiger partial charge in [-0.15, -0.1) is 0 Å². The Labute approximate surface area is 104 Å². The molecule has 0 bridgehead atoms. The van der Waals surface area contributed by atoms with Gasteiger partial charge in [0.2, 0.25) is 5.91 Å². The zero-order valence-electron chi connectivity index (χ0n) is 10.2. The number of methoxy groups -OCH3 is 1. The van der Waals surface area contributed by atoms with Crippen molar-refractivity contribution >= 4 is 11.6 Å². The van der Waals surface area contributed by atoms with Gasteiger partial charge in [0, 0.05) is 26.3 Å². The average molecular weight is 252 g/mol. The van der Waals surface area contributed by atoms with Crippen molar-refractivity contribution in [3.05, 3.63) is 22.6 Å². The largest absolute Gasteiger partial charge is 0.380 e. The lowest BCUT2D eigenvalue weighted by atomic mass is 10.3. The number of anilines is 1. The van der Waals surface area contributed by atoms with E-state index in [4.69, 9.17) is 10.5 Å². The third kappa shape index (κ3) is 2.67. The van der Waals surface area contributed by atoms with Crippen LogP contribution in [0.25, 0.3) is 0 Å². The van der Waals surface area contributed by atoms with Crippen molar-refractivity contribution in [3.8, 4) is 0 Å². The molecule has 1 saturated heterocycles. The number of carbonyl (C=O) groups is 1. The van der Waals surface area contributed by atoms with Gasteiger partial charge in [0.25, 0.3) is 5.56 Å². The predicted octanol–water partition coefficient (Wildman–Crippen LogP) is -1.05. The third-order valence-electron chi connectivity index (χ3n) is 3.00. The van der Waals surface area contributed by atoms with E-state index in [1.165, 1.54) is 6.07 Å². The maximum absolute atomic E-state index is 11.7. The molecule has 7 heteroatoms. The fourth-order valence-electron chi connectivity index (χ4n) is 2.02. The first-order chi connectivity index (χ1) is 8.60. The van der Waals surface area contributed by atoms with E-state index in [0.29, 0.717) is 0 Å². The SMILES string of the molecule is COC1CCN(c2cnn(CC(N)=O)c(=O)c2)C1. The molecule has 2 heterocycles. The highest BCUT2D eigenvalue weighted by Crippen LogP contribution is 2.18. The third-order valence-corrected chi connectivity index (χ3v) is 3.00. The van der Waals surface area contributed by atoms with Gasteiger partial charge < -0.3 is 15.4 Å². The highest BCUT2D eigenvalue weighted by atomic mass is 16.5. The van der Waals surface area contributed by atoms with Gasteiger partial charge in [0.15, 0.2) is 0 Å². The molecule has 7 nitrogen and oxygen atoms in total. The van der Waals surface area contributed by atoms with Gasteiger partial charge in [-0.1, -0.05) is 0 Å². The topological polar surface area (TPSA) is 90.4 Å². The van der Waals surface area contributed by atoms with Crippen LogP contribution in [0.5, 0.6) is 0 Å². The van der Waals surface area contributed by atoms with Gasteiger partial charge in [-0.3, -0.25) is 9.59 Å². The van der Waals surface area contributed by atoms with Gasteiger partial charge in [-0.05, 0) is 6.42 Å². The molecule has 0 saturated carbocycles. The van der Waals surface area contributed by atoms with Crippen LogP contribution in [-0.2, 0) is 16.1 Å². The molecule has 1 aromatic rings. The first kappa shape index (κ1) is 12.6. The van der Waals surface area contributed by atoms with Crippen LogP contribution in [0.1, 0.15) is 6.42 Å². The predicted molar refractivity (Wildman–Crippen MR) is 65.3 cm³/mol. The standard InChI is InChI=1S/C11H16N4O3/c1-18-9-2-3-14(6-9)8-4-11(17)15(13-5-8)7-10(12)16/h4-5,9H,2-3,6-7H2,1H3,(H2,12,16). The Morgan fingerprint density at radius 2 is 2.44 bits per heavy atom. The molecule has 1 atom stereocenters. The summed E-state index contributed by atoms with van der Waals surface area (Å²) in [5.41, 5.74) is 5.45. The smallest absolute Gasteiger partial charge is 0.269 e. The van der Waals surface area contributed by atoms with E-state index >= 15 is 0 Å². The summed E-state index contributed by atoms with van der Waals surface area (Å²) >= 11 is 0. The second-order valence-electron chi connectivity index (χ2n) is 4.27. The molecule has 1 aromatic heterocycles. The number of amides is 1. The van der Waals surface area contributed by atoms with E-state index in [1.54, 1.807) is 13.3 Å². The molecule has 98 valence electrons. The molecule has 2 N–H and O–H groups in total. The number of nitrogens with two attached hydrogens (primary N) is 1. The molecule has 1 aliphatic heterocycles. The van der Waals surface area contributed by atoms with Gasteiger partial charge in [0.1, 0.15) is 6.54 Å². The second kappa shape index (κ2) is 5.18. The maximum atomic E-state index is 11.7. The lowest BCUT2D eigenvalue weighted by molar-refractivity contribution is -0.118. The van der Waals surface area contributed by atoms with E-state index in [2.05, 4.69) is 5.10 Å². The van der Waals surface area contributed by atoms with Gasteiger partial charge in [-0.25, -0.2) is 4.68 Å². The van der Waals surface area contributed by atoms with E-state index in [0.717, 1.165) is 29.9 Å². The summed E-state index contributed by atoms with van der Waals surface area (Å²) in [4.78, 5) is 24.5. The molecule has 18 heavy (non-hydrogen) atoms. The number of primary amides is 1. The Kier molecular flexibility index (Phi) is 3.61. The minimum absolute atomic E-state index is 0.193. The lowest BCUT2D eigenvalue weighted by Gasteiger charge is -2.17.